The molecule has 1 N–H and O–H groups in total. The quantitative estimate of drug-likeness (QED) is 0.529. The Hall–Kier alpha value is -3.22. The second kappa shape index (κ2) is 7.42. The molecule has 0 atom stereocenters. The normalized spacial score (nSPS) is 11.4. The fraction of sp³-hybridized carbons (Fsp3) is 0.0952. The van der Waals surface area contributed by atoms with Crippen LogP contribution >= 0.6 is 0 Å². The lowest BCUT2D eigenvalue weighted by molar-refractivity contribution is -0.137. The zero-order valence-corrected chi connectivity index (χ0v) is 14.6. The summed E-state index contributed by atoms with van der Waals surface area (Å²) >= 11 is 0. The first-order valence-electron chi connectivity index (χ1n) is 8.20. The molecular formula is C21H14F5NO. The molecule has 3 aromatic rings. The molecule has 0 saturated carbocycles. The van der Waals surface area contributed by atoms with Crippen LogP contribution in [0, 0.1) is 18.6 Å². The fourth-order valence-electron chi connectivity index (χ4n) is 2.72. The molecule has 28 heavy (non-hydrogen) atoms. The highest BCUT2D eigenvalue weighted by atomic mass is 19.4. The third-order valence-electron chi connectivity index (χ3n) is 4.21. The summed E-state index contributed by atoms with van der Waals surface area (Å²) in [5.41, 5.74) is 0.681. The molecule has 2 nitrogen and oxygen atoms in total. The summed E-state index contributed by atoms with van der Waals surface area (Å²) in [6.45, 7) is 1.69. The van der Waals surface area contributed by atoms with Gasteiger partial charge in [0.15, 0.2) is 11.6 Å². The second-order valence-electron chi connectivity index (χ2n) is 6.16. The van der Waals surface area contributed by atoms with Crippen LogP contribution in [0.5, 0.6) is 0 Å². The number of nitrogens with one attached hydrogen (secondary N) is 1. The topological polar surface area (TPSA) is 29.1 Å². The predicted octanol–water partition coefficient (Wildman–Crippen LogP) is 6.21. The number of rotatable bonds is 3. The van der Waals surface area contributed by atoms with Gasteiger partial charge in [0.25, 0.3) is 5.91 Å². The number of benzene rings is 3. The van der Waals surface area contributed by atoms with Gasteiger partial charge in [0.05, 0.1) is 11.1 Å². The molecule has 0 saturated heterocycles. The third-order valence-corrected chi connectivity index (χ3v) is 4.21. The van der Waals surface area contributed by atoms with Crippen molar-refractivity contribution in [2.45, 2.75) is 13.1 Å². The number of halogens is 5. The number of hydrogen-bond donors (Lipinski definition) is 1. The van der Waals surface area contributed by atoms with Gasteiger partial charge in [-0.2, -0.15) is 13.2 Å². The summed E-state index contributed by atoms with van der Waals surface area (Å²) < 4.78 is 65.8. The lowest BCUT2D eigenvalue weighted by Gasteiger charge is -2.12. The van der Waals surface area contributed by atoms with Gasteiger partial charge in [-0.15, -0.1) is 0 Å². The Kier molecular flexibility index (Phi) is 5.18. The van der Waals surface area contributed by atoms with E-state index in [2.05, 4.69) is 5.32 Å². The van der Waals surface area contributed by atoms with Gasteiger partial charge >= 0.3 is 6.18 Å². The Bertz CT molecular complexity index is 1030. The van der Waals surface area contributed by atoms with Crippen LogP contribution in [0.3, 0.4) is 0 Å². The minimum absolute atomic E-state index is 0.294. The molecule has 0 spiro atoms. The maximum Gasteiger partial charge on any atom is 0.416 e. The Morgan fingerprint density at radius 1 is 0.929 bits per heavy atom. The van der Waals surface area contributed by atoms with Crippen LogP contribution in [0.2, 0.25) is 0 Å². The Morgan fingerprint density at radius 3 is 2.25 bits per heavy atom. The summed E-state index contributed by atoms with van der Waals surface area (Å²) in [4.78, 5) is 12.1. The van der Waals surface area contributed by atoms with E-state index in [1.165, 1.54) is 24.3 Å². The van der Waals surface area contributed by atoms with Crippen molar-refractivity contribution in [1.29, 1.82) is 0 Å². The van der Waals surface area contributed by atoms with Gasteiger partial charge in [0.1, 0.15) is 0 Å². The van der Waals surface area contributed by atoms with Crippen molar-refractivity contribution >= 4 is 11.6 Å². The number of carbonyl (C=O) groups excluding carboxylic acids is 1. The number of amides is 1. The molecule has 0 fully saturated rings. The lowest BCUT2D eigenvalue weighted by atomic mass is 9.97. The SMILES string of the molecule is Cc1ccc(C(F)(F)F)cc1-c1ccc(NC(=O)c2cccc(F)c2F)cc1. The summed E-state index contributed by atoms with van der Waals surface area (Å²) in [5, 5.41) is 2.43. The zero-order valence-electron chi connectivity index (χ0n) is 14.6. The van der Waals surface area contributed by atoms with Crippen LogP contribution < -0.4 is 5.32 Å². The monoisotopic (exact) mass is 391 g/mol. The average Bonchev–Trinajstić information content (AvgIpc) is 2.64. The van der Waals surface area contributed by atoms with E-state index in [9.17, 15) is 26.7 Å². The van der Waals surface area contributed by atoms with Gasteiger partial charge in [-0.05, 0) is 60.0 Å². The van der Waals surface area contributed by atoms with E-state index in [1.54, 1.807) is 19.1 Å². The molecule has 1 amide bonds. The molecule has 3 aromatic carbocycles. The first kappa shape index (κ1) is 19.5. The van der Waals surface area contributed by atoms with E-state index in [0.29, 0.717) is 22.4 Å². The number of alkyl halides is 3. The standard InChI is InChI=1S/C21H14F5NO/c1-12-5-8-14(21(24,25)26)11-17(12)13-6-9-15(10-7-13)27-20(28)16-3-2-4-18(22)19(16)23/h2-11H,1H3,(H,27,28). The van der Waals surface area contributed by atoms with Crippen molar-refractivity contribution in [1.82, 2.24) is 0 Å². The highest BCUT2D eigenvalue weighted by molar-refractivity contribution is 6.04. The molecule has 144 valence electrons. The first-order chi connectivity index (χ1) is 13.2. The van der Waals surface area contributed by atoms with Gasteiger partial charge in [0.2, 0.25) is 0 Å². The second-order valence-corrected chi connectivity index (χ2v) is 6.16. The Labute approximate surface area is 157 Å². The van der Waals surface area contributed by atoms with Crippen LogP contribution in [0.4, 0.5) is 27.6 Å². The molecule has 0 aliphatic heterocycles. The van der Waals surface area contributed by atoms with Crippen LogP contribution in [-0.2, 0) is 6.18 Å². The molecule has 0 bridgehead atoms. The van der Waals surface area contributed by atoms with Crippen LogP contribution in [-0.4, -0.2) is 5.91 Å². The van der Waals surface area contributed by atoms with Crippen LogP contribution in [0.15, 0.2) is 60.7 Å². The summed E-state index contributed by atoms with van der Waals surface area (Å²) in [5.74, 6) is -3.22. The van der Waals surface area contributed by atoms with Crippen LogP contribution in [0.1, 0.15) is 21.5 Å². The maximum atomic E-state index is 13.7. The van der Waals surface area contributed by atoms with Gasteiger partial charge in [-0.25, -0.2) is 8.78 Å². The summed E-state index contributed by atoms with van der Waals surface area (Å²) in [6, 6.07) is 12.8. The van der Waals surface area contributed by atoms with Gasteiger partial charge < -0.3 is 5.32 Å². The highest BCUT2D eigenvalue weighted by Gasteiger charge is 2.30. The van der Waals surface area contributed by atoms with Gasteiger partial charge in [-0.1, -0.05) is 24.3 Å². The van der Waals surface area contributed by atoms with E-state index in [1.807, 2.05) is 0 Å². The van der Waals surface area contributed by atoms with Crippen molar-refractivity contribution in [3.63, 3.8) is 0 Å². The van der Waals surface area contributed by atoms with Crippen LogP contribution in [0.25, 0.3) is 11.1 Å². The minimum Gasteiger partial charge on any atom is -0.322 e. The summed E-state index contributed by atoms with van der Waals surface area (Å²) in [7, 11) is 0. The van der Waals surface area contributed by atoms with Crippen molar-refractivity contribution in [3.05, 3.63) is 89.0 Å². The van der Waals surface area contributed by atoms with Gasteiger partial charge in [0, 0.05) is 5.69 Å². The minimum atomic E-state index is -4.45. The van der Waals surface area contributed by atoms with Crippen molar-refractivity contribution in [2.75, 3.05) is 5.32 Å². The third kappa shape index (κ3) is 4.03. The molecule has 7 heteroatoms. The van der Waals surface area contributed by atoms with Crippen molar-refractivity contribution in [3.8, 4) is 11.1 Å². The number of aryl methyl sites for hydroxylation is 1. The number of anilines is 1. The van der Waals surface area contributed by atoms with E-state index >= 15 is 0 Å². The fourth-order valence-corrected chi connectivity index (χ4v) is 2.72. The van der Waals surface area contributed by atoms with Crippen molar-refractivity contribution < 1.29 is 26.7 Å². The molecule has 0 radical (unpaired) electrons. The Balaban J connectivity index is 1.84. The zero-order chi connectivity index (χ0) is 20.5. The largest absolute Gasteiger partial charge is 0.416 e. The average molecular weight is 391 g/mol. The van der Waals surface area contributed by atoms with E-state index in [4.69, 9.17) is 0 Å². The predicted molar refractivity (Wildman–Crippen MR) is 95.9 cm³/mol. The Morgan fingerprint density at radius 2 is 1.61 bits per heavy atom. The molecule has 0 aliphatic rings. The molecule has 0 unspecified atom stereocenters. The molecule has 0 heterocycles. The van der Waals surface area contributed by atoms with E-state index in [-0.39, 0.29) is 0 Å². The molecule has 0 aliphatic carbocycles. The smallest absolute Gasteiger partial charge is 0.322 e. The van der Waals surface area contributed by atoms with Gasteiger partial charge in [-0.3, -0.25) is 4.79 Å². The van der Waals surface area contributed by atoms with Crippen molar-refractivity contribution in [2.24, 2.45) is 0 Å². The number of hydrogen-bond acceptors (Lipinski definition) is 1. The molecule has 0 aromatic heterocycles. The number of carbonyl (C=O) groups is 1. The van der Waals surface area contributed by atoms with E-state index in [0.717, 1.165) is 24.3 Å². The maximum absolute atomic E-state index is 13.7. The summed E-state index contributed by atoms with van der Waals surface area (Å²) in [6.07, 6.45) is -4.45. The molecular weight excluding hydrogens is 377 g/mol. The lowest BCUT2D eigenvalue weighted by Crippen LogP contribution is -2.14. The van der Waals surface area contributed by atoms with E-state index < -0.39 is 34.8 Å². The first-order valence-corrected chi connectivity index (χ1v) is 8.20. The molecule has 3 rings (SSSR count). The highest BCUT2D eigenvalue weighted by Crippen LogP contribution is 2.34.